The van der Waals surface area contributed by atoms with Crippen LogP contribution in [0.5, 0.6) is 0 Å². The SMILES string of the molecule is O=C(c1cc(Br)c(Br)s1)N1CCCC1Cc1ccccc1. The highest BCUT2D eigenvalue weighted by Crippen LogP contribution is 2.34. The minimum Gasteiger partial charge on any atom is -0.335 e. The summed E-state index contributed by atoms with van der Waals surface area (Å²) in [5.74, 6) is 0.157. The van der Waals surface area contributed by atoms with E-state index in [1.54, 1.807) is 0 Å². The molecule has 0 spiro atoms. The Labute approximate surface area is 145 Å². The van der Waals surface area contributed by atoms with E-state index < -0.39 is 0 Å². The summed E-state index contributed by atoms with van der Waals surface area (Å²) in [5, 5.41) is 0. The highest BCUT2D eigenvalue weighted by molar-refractivity contribution is 9.13. The molecule has 0 bridgehead atoms. The third kappa shape index (κ3) is 3.41. The number of halogens is 2. The van der Waals surface area contributed by atoms with Crippen molar-refractivity contribution < 1.29 is 4.79 Å². The fourth-order valence-corrected chi connectivity index (χ4v) is 4.79. The molecule has 3 rings (SSSR count). The maximum atomic E-state index is 12.7. The maximum Gasteiger partial charge on any atom is 0.264 e. The van der Waals surface area contributed by atoms with E-state index in [0.29, 0.717) is 6.04 Å². The Morgan fingerprint density at radius 3 is 2.71 bits per heavy atom. The van der Waals surface area contributed by atoms with Crippen molar-refractivity contribution in [3.8, 4) is 0 Å². The van der Waals surface area contributed by atoms with Crippen molar-refractivity contribution in [1.82, 2.24) is 4.90 Å². The van der Waals surface area contributed by atoms with Gasteiger partial charge in [-0.3, -0.25) is 4.79 Å². The fourth-order valence-electron chi connectivity index (χ4n) is 2.79. The average Bonchev–Trinajstić information content (AvgIpc) is 3.07. The van der Waals surface area contributed by atoms with Crippen LogP contribution >= 0.6 is 43.2 Å². The molecule has 2 heterocycles. The number of hydrogen-bond donors (Lipinski definition) is 0. The second-order valence-electron chi connectivity index (χ2n) is 5.22. The predicted octanol–water partition coefficient (Wildman–Crippen LogP) is 5.12. The van der Waals surface area contributed by atoms with Crippen molar-refractivity contribution in [2.75, 3.05) is 6.54 Å². The second-order valence-corrected chi connectivity index (χ2v) is 8.44. The van der Waals surface area contributed by atoms with Crippen molar-refractivity contribution in [3.05, 3.63) is 55.1 Å². The van der Waals surface area contributed by atoms with Crippen LogP contribution in [-0.4, -0.2) is 23.4 Å². The zero-order valence-corrected chi connectivity index (χ0v) is 15.4. The molecule has 1 aliphatic heterocycles. The molecule has 1 saturated heterocycles. The Morgan fingerprint density at radius 1 is 1.29 bits per heavy atom. The Hall–Kier alpha value is -0.650. The van der Waals surface area contributed by atoms with Crippen molar-refractivity contribution in [2.45, 2.75) is 25.3 Å². The van der Waals surface area contributed by atoms with Crippen LogP contribution in [0.15, 0.2) is 44.7 Å². The predicted molar refractivity (Wildman–Crippen MR) is 93.9 cm³/mol. The highest BCUT2D eigenvalue weighted by Gasteiger charge is 2.30. The van der Waals surface area contributed by atoms with E-state index in [4.69, 9.17) is 0 Å². The third-order valence-electron chi connectivity index (χ3n) is 3.81. The first-order valence-corrected chi connectivity index (χ1v) is 9.35. The van der Waals surface area contributed by atoms with Crippen LogP contribution in [0.4, 0.5) is 0 Å². The van der Waals surface area contributed by atoms with Crippen molar-refractivity contribution in [1.29, 1.82) is 0 Å². The monoisotopic (exact) mass is 427 g/mol. The Balaban J connectivity index is 1.76. The van der Waals surface area contributed by atoms with Gasteiger partial charge in [-0.2, -0.15) is 0 Å². The topological polar surface area (TPSA) is 20.3 Å². The number of nitrogens with zero attached hydrogens (tertiary/aromatic N) is 1. The highest BCUT2D eigenvalue weighted by atomic mass is 79.9. The number of hydrogen-bond acceptors (Lipinski definition) is 2. The molecule has 2 aromatic rings. The van der Waals surface area contributed by atoms with Gasteiger partial charge in [-0.05, 0) is 62.8 Å². The number of rotatable bonds is 3. The van der Waals surface area contributed by atoms with Gasteiger partial charge in [0.1, 0.15) is 0 Å². The molecule has 0 N–H and O–H groups in total. The summed E-state index contributed by atoms with van der Waals surface area (Å²) in [6, 6.07) is 12.7. The fraction of sp³-hybridized carbons (Fsp3) is 0.312. The minimum absolute atomic E-state index is 0.157. The summed E-state index contributed by atoms with van der Waals surface area (Å²) < 4.78 is 1.93. The maximum absolute atomic E-state index is 12.7. The van der Waals surface area contributed by atoms with Crippen LogP contribution in [0.1, 0.15) is 28.1 Å². The van der Waals surface area contributed by atoms with Gasteiger partial charge >= 0.3 is 0 Å². The third-order valence-corrected chi connectivity index (χ3v) is 7.05. The Morgan fingerprint density at radius 2 is 2.05 bits per heavy atom. The van der Waals surface area contributed by atoms with Gasteiger partial charge in [0.25, 0.3) is 5.91 Å². The molecule has 1 aromatic heterocycles. The van der Waals surface area contributed by atoms with E-state index in [1.807, 2.05) is 17.0 Å². The van der Waals surface area contributed by atoms with Gasteiger partial charge in [-0.15, -0.1) is 11.3 Å². The summed E-state index contributed by atoms with van der Waals surface area (Å²) in [4.78, 5) is 15.5. The lowest BCUT2D eigenvalue weighted by molar-refractivity contribution is 0.0741. The number of carbonyl (C=O) groups excluding carboxylic acids is 1. The number of carbonyl (C=O) groups is 1. The minimum atomic E-state index is 0.157. The van der Waals surface area contributed by atoms with E-state index in [1.165, 1.54) is 16.9 Å². The van der Waals surface area contributed by atoms with Gasteiger partial charge in [-0.25, -0.2) is 0 Å². The van der Waals surface area contributed by atoms with E-state index >= 15 is 0 Å². The molecule has 1 fully saturated rings. The van der Waals surface area contributed by atoms with Crippen molar-refractivity contribution >= 4 is 49.1 Å². The Bertz CT molecular complexity index is 621. The molecule has 1 atom stereocenters. The molecule has 110 valence electrons. The number of amides is 1. The molecule has 0 radical (unpaired) electrons. The van der Waals surface area contributed by atoms with E-state index in [-0.39, 0.29) is 5.91 Å². The zero-order valence-electron chi connectivity index (χ0n) is 11.4. The number of benzene rings is 1. The van der Waals surface area contributed by atoms with Crippen molar-refractivity contribution in [3.63, 3.8) is 0 Å². The quantitative estimate of drug-likeness (QED) is 0.664. The molecule has 2 nitrogen and oxygen atoms in total. The van der Waals surface area contributed by atoms with Crippen molar-refractivity contribution in [2.24, 2.45) is 0 Å². The first-order valence-electron chi connectivity index (χ1n) is 6.95. The molecular weight excluding hydrogens is 414 g/mol. The van der Waals surface area contributed by atoms with Crippen LogP contribution in [0.2, 0.25) is 0 Å². The molecular formula is C16H15Br2NOS. The molecule has 1 amide bonds. The van der Waals surface area contributed by atoms with E-state index in [2.05, 4.69) is 56.1 Å². The second kappa shape index (κ2) is 6.63. The molecule has 0 aliphatic carbocycles. The normalized spacial score (nSPS) is 18.2. The Kier molecular flexibility index (Phi) is 4.82. The molecule has 1 aromatic carbocycles. The standard InChI is InChI=1S/C16H15Br2NOS/c17-13-10-14(21-15(13)18)16(20)19-8-4-7-12(19)9-11-5-2-1-3-6-11/h1-3,5-6,10,12H,4,7-9H2. The molecule has 1 aliphatic rings. The molecule has 1 unspecified atom stereocenters. The largest absolute Gasteiger partial charge is 0.335 e. The van der Waals surface area contributed by atoms with Gasteiger partial charge in [0.2, 0.25) is 0 Å². The lowest BCUT2D eigenvalue weighted by Gasteiger charge is -2.24. The smallest absolute Gasteiger partial charge is 0.264 e. The summed E-state index contributed by atoms with van der Waals surface area (Å²) in [5.41, 5.74) is 1.30. The summed E-state index contributed by atoms with van der Waals surface area (Å²) in [7, 11) is 0. The van der Waals surface area contributed by atoms with Gasteiger partial charge in [0, 0.05) is 17.1 Å². The summed E-state index contributed by atoms with van der Waals surface area (Å²) in [6.45, 7) is 0.865. The molecule has 0 saturated carbocycles. The first-order chi connectivity index (χ1) is 10.1. The van der Waals surface area contributed by atoms with Gasteiger partial charge in [0.15, 0.2) is 0 Å². The summed E-state index contributed by atoms with van der Waals surface area (Å²) in [6.07, 6.45) is 3.13. The van der Waals surface area contributed by atoms with Gasteiger partial charge in [0.05, 0.1) is 8.66 Å². The van der Waals surface area contributed by atoms with Crippen LogP contribution < -0.4 is 0 Å². The average molecular weight is 429 g/mol. The number of likely N-dealkylation sites (tertiary alicyclic amines) is 1. The first kappa shape index (κ1) is 15.3. The van der Waals surface area contributed by atoms with Crippen LogP contribution in [0.25, 0.3) is 0 Å². The van der Waals surface area contributed by atoms with Gasteiger partial charge < -0.3 is 4.90 Å². The van der Waals surface area contributed by atoms with Crippen LogP contribution in [-0.2, 0) is 6.42 Å². The van der Waals surface area contributed by atoms with E-state index in [0.717, 1.165) is 38.9 Å². The lowest BCUT2D eigenvalue weighted by Crippen LogP contribution is -2.36. The number of thiophene rings is 1. The van der Waals surface area contributed by atoms with Gasteiger partial charge in [-0.1, -0.05) is 30.3 Å². The molecule has 5 heteroatoms. The van der Waals surface area contributed by atoms with Crippen LogP contribution in [0.3, 0.4) is 0 Å². The van der Waals surface area contributed by atoms with E-state index in [9.17, 15) is 4.79 Å². The van der Waals surface area contributed by atoms with Crippen LogP contribution in [0, 0.1) is 0 Å². The lowest BCUT2D eigenvalue weighted by atomic mass is 10.0. The molecule has 21 heavy (non-hydrogen) atoms. The summed E-state index contributed by atoms with van der Waals surface area (Å²) >= 11 is 8.41. The zero-order chi connectivity index (χ0) is 14.8.